The minimum Gasteiger partial charge on any atom is -0.322 e. The maximum Gasteiger partial charge on any atom is 0.238 e. The molecule has 2 N–H and O–H groups in total. The van der Waals surface area contributed by atoms with E-state index in [9.17, 15) is 4.79 Å². The van der Waals surface area contributed by atoms with E-state index in [1.807, 2.05) is 20.9 Å². The molecule has 0 spiro atoms. The van der Waals surface area contributed by atoms with Crippen LogP contribution in [0.5, 0.6) is 0 Å². The van der Waals surface area contributed by atoms with Crippen LogP contribution in [0, 0.1) is 25.7 Å². The van der Waals surface area contributed by atoms with Crippen molar-refractivity contribution in [3.63, 3.8) is 0 Å². The van der Waals surface area contributed by atoms with Crippen LogP contribution in [0.3, 0.4) is 0 Å². The summed E-state index contributed by atoms with van der Waals surface area (Å²) in [6.45, 7) is 8.66. The smallest absolute Gasteiger partial charge is 0.238 e. The van der Waals surface area contributed by atoms with Crippen molar-refractivity contribution >= 4 is 11.6 Å². The zero-order valence-electron chi connectivity index (χ0n) is 12.4. The number of rotatable bonds is 3. The Bertz CT molecular complexity index is 512. The van der Waals surface area contributed by atoms with Crippen molar-refractivity contribution in [2.24, 2.45) is 18.9 Å². The second-order valence-corrected chi connectivity index (χ2v) is 6.09. The van der Waals surface area contributed by atoms with E-state index in [-0.39, 0.29) is 5.91 Å². The highest BCUT2D eigenvalue weighted by Crippen LogP contribution is 2.26. The molecule has 6 heteroatoms. The van der Waals surface area contributed by atoms with Crippen LogP contribution in [-0.2, 0) is 11.8 Å². The maximum atomic E-state index is 12.2. The normalized spacial score (nSPS) is 25.9. The number of nitrogens with one attached hydrogen (secondary N) is 2. The highest BCUT2D eigenvalue weighted by atomic mass is 16.2. The molecular formula is C14H23N5O. The average molecular weight is 277 g/mol. The van der Waals surface area contributed by atoms with E-state index in [0.29, 0.717) is 6.54 Å². The van der Waals surface area contributed by atoms with Gasteiger partial charge in [0, 0.05) is 20.1 Å². The van der Waals surface area contributed by atoms with Gasteiger partial charge in [-0.3, -0.25) is 14.4 Å². The topological polar surface area (TPSA) is 62.2 Å². The summed E-state index contributed by atoms with van der Waals surface area (Å²) in [5.41, 5.74) is 2.73. The lowest BCUT2D eigenvalue weighted by atomic mass is 10.0. The molecule has 2 aliphatic rings. The van der Waals surface area contributed by atoms with Crippen LogP contribution >= 0.6 is 0 Å². The minimum atomic E-state index is 0.0668. The van der Waals surface area contributed by atoms with Gasteiger partial charge in [-0.25, -0.2) is 0 Å². The number of likely N-dealkylation sites (tertiary alicyclic amines) is 1. The van der Waals surface area contributed by atoms with E-state index in [1.165, 1.54) is 0 Å². The second-order valence-electron chi connectivity index (χ2n) is 6.09. The number of amides is 1. The van der Waals surface area contributed by atoms with Crippen molar-refractivity contribution in [1.82, 2.24) is 20.0 Å². The van der Waals surface area contributed by atoms with E-state index < -0.39 is 0 Å². The predicted octanol–water partition coefficient (Wildman–Crippen LogP) is 0.127. The Kier molecular flexibility index (Phi) is 3.52. The van der Waals surface area contributed by atoms with E-state index in [2.05, 4.69) is 20.6 Å². The quantitative estimate of drug-likeness (QED) is 0.824. The van der Waals surface area contributed by atoms with E-state index in [4.69, 9.17) is 0 Å². The first-order chi connectivity index (χ1) is 9.54. The van der Waals surface area contributed by atoms with Gasteiger partial charge in [-0.2, -0.15) is 5.10 Å². The van der Waals surface area contributed by atoms with Gasteiger partial charge in [-0.05, 0) is 38.8 Å². The number of carbonyl (C=O) groups excluding carboxylic acids is 1. The Morgan fingerprint density at radius 1 is 1.35 bits per heavy atom. The molecule has 20 heavy (non-hydrogen) atoms. The van der Waals surface area contributed by atoms with E-state index >= 15 is 0 Å². The zero-order chi connectivity index (χ0) is 14.3. The van der Waals surface area contributed by atoms with Crippen LogP contribution in [0.25, 0.3) is 0 Å². The van der Waals surface area contributed by atoms with Gasteiger partial charge in [0.25, 0.3) is 0 Å². The molecule has 0 saturated carbocycles. The second kappa shape index (κ2) is 5.18. The van der Waals surface area contributed by atoms with Crippen molar-refractivity contribution in [1.29, 1.82) is 0 Å². The van der Waals surface area contributed by atoms with Gasteiger partial charge < -0.3 is 10.6 Å². The summed E-state index contributed by atoms with van der Waals surface area (Å²) in [5, 5.41) is 10.8. The molecule has 0 unspecified atom stereocenters. The average Bonchev–Trinajstić information content (AvgIpc) is 3.00. The van der Waals surface area contributed by atoms with Gasteiger partial charge in [0.05, 0.1) is 23.6 Å². The third-order valence-electron chi connectivity index (χ3n) is 4.61. The number of nitrogens with zero attached hydrogens (tertiary/aromatic N) is 3. The number of hydrogen-bond acceptors (Lipinski definition) is 4. The molecule has 110 valence electrons. The Morgan fingerprint density at radius 2 is 2.00 bits per heavy atom. The Hall–Kier alpha value is -1.40. The van der Waals surface area contributed by atoms with Crippen LogP contribution in [0.4, 0.5) is 5.69 Å². The Morgan fingerprint density at radius 3 is 2.55 bits per heavy atom. The highest BCUT2D eigenvalue weighted by molar-refractivity contribution is 5.93. The molecule has 2 aliphatic heterocycles. The van der Waals surface area contributed by atoms with Gasteiger partial charge in [0.1, 0.15) is 0 Å². The zero-order valence-corrected chi connectivity index (χ0v) is 12.4. The molecule has 2 atom stereocenters. The van der Waals surface area contributed by atoms with Crippen LogP contribution in [0.1, 0.15) is 11.4 Å². The number of fused-ring (bicyclic) bond motifs is 1. The lowest BCUT2D eigenvalue weighted by Gasteiger charge is -2.16. The number of carbonyl (C=O) groups is 1. The largest absolute Gasteiger partial charge is 0.322 e. The van der Waals surface area contributed by atoms with Gasteiger partial charge in [-0.15, -0.1) is 0 Å². The van der Waals surface area contributed by atoms with Crippen molar-refractivity contribution in [2.75, 3.05) is 38.0 Å². The summed E-state index contributed by atoms with van der Waals surface area (Å²) in [7, 11) is 1.90. The molecule has 3 rings (SSSR count). The van der Waals surface area contributed by atoms with Crippen molar-refractivity contribution in [3.05, 3.63) is 11.4 Å². The molecule has 0 radical (unpaired) electrons. The monoisotopic (exact) mass is 277 g/mol. The van der Waals surface area contributed by atoms with Crippen LogP contribution in [-0.4, -0.2) is 53.3 Å². The van der Waals surface area contributed by atoms with Crippen LogP contribution < -0.4 is 10.6 Å². The summed E-state index contributed by atoms with van der Waals surface area (Å²) < 4.78 is 1.80. The number of hydrogen-bond donors (Lipinski definition) is 2. The standard InChI is InChI=1S/C14H23N5O/c1-9-14(10(2)18(3)17-9)16-13(20)8-19-6-11-4-15-5-12(11)7-19/h11-12,15H,4-8H2,1-3H3,(H,16,20)/t11-,12+. The van der Waals surface area contributed by atoms with Crippen molar-refractivity contribution in [2.45, 2.75) is 13.8 Å². The molecule has 6 nitrogen and oxygen atoms in total. The molecule has 3 heterocycles. The Labute approximate surface area is 119 Å². The van der Waals surface area contributed by atoms with Crippen molar-refractivity contribution in [3.8, 4) is 0 Å². The first kappa shape index (κ1) is 13.6. The molecule has 0 bridgehead atoms. The third-order valence-corrected chi connectivity index (χ3v) is 4.61. The third kappa shape index (κ3) is 2.45. The fraction of sp³-hybridized carbons (Fsp3) is 0.714. The predicted molar refractivity (Wildman–Crippen MR) is 77.6 cm³/mol. The highest BCUT2D eigenvalue weighted by Gasteiger charge is 2.36. The lowest BCUT2D eigenvalue weighted by molar-refractivity contribution is -0.117. The number of aromatic nitrogens is 2. The summed E-state index contributed by atoms with van der Waals surface area (Å²) in [6, 6.07) is 0. The molecule has 0 aromatic carbocycles. The van der Waals surface area contributed by atoms with E-state index in [1.54, 1.807) is 4.68 Å². The Balaban J connectivity index is 1.58. The molecular weight excluding hydrogens is 254 g/mol. The molecule has 1 amide bonds. The van der Waals surface area contributed by atoms with Gasteiger partial charge in [0.15, 0.2) is 0 Å². The van der Waals surface area contributed by atoms with E-state index in [0.717, 1.165) is 55.1 Å². The fourth-order valence-corrected chi connectivity index (χ4v) is 3.42. The van der Waals surface area contributed by atoms with Crippen LogP contribution in [0.2, 0.25) is 0 Å². The molecule has 1 aromatic heterocycles. The maximum absolute atomic E-state index is 12.2. The van der Waals surface area contributed by atoms with Gasteiger partial charge in [0.2, 0.25) is 5.91 Å². The lowest BCUT2D eigenvalue weighted by Crippen LogP contribution is -2.34. The fourth-order valence-electron chi connectivity index (χ4n) is 3.42. The molecule has 2 saturated heterocycles. The SMILES string of the molecule is Cc1nn(C)c(C)c1NC(=O)CN1C[C@H]2CNC[C@H]2C1. The molecule has 0 aliphatic carbocycles. The summed E-state index contributed by atoms with van der Waals surface area (Å²) >= 11 is 0. The van der Waals surface area contributed by atoms with Gasteiger partial charge >= 0.3 is 0 Å². The number of anilines is 1. The summed E-state index contributed by atoms with van der Waals surface area (Å²) in [6.07, 6.45) is 0. The van der Waals surface area contributed by atoms with Crippen molar-refractivity contribution < 1.29 is 4.79 Å². The van der Waals surface area contributed by atoms with Crippen LogP contribution in [0.15, 0.2) is 0 Å². The molecule has 1 aromatic rings. The number of aryl methyl sites for hydroxylation is 2. The first-order valence-corrected chi connectivity index (χ1v) is 7.27. The first-order valence-electron chi connectivity index (χ1n) is 7.27. The summed E-state index contributed by atoms with van der Waals surface area (Å²) in [4.78, 5) is 14.5. The molecule has 2 fully saturated rings. The van der Waals surface area contributed by atoms with Gasteiger partial charge in [-0.1, -0.05) is 0 Å². The summed E-state index contributed by atoms with van der Waals surface area (Å²) in [5.74, 6) is 1.52. The minimum absolute atomic E-state index is 0.0668.